The maximum absolute atomic E-state index is 11.7. The third-order valence-electron chi connectivity index (χ3n) is 2.90. The van der Waals surface area contributed by atoms with Crippen LogP contribution in [0.25, 0.3) is 0 Å². The molecule has 3 N–H and O–H groups in total. The van der Waals surface area contributed by atoms with Gasteiger partial charge in [-0.15, -0.1) is 0 Å². The van der Waals surface area contributed by atoms with Crippen LogP contribution < -0.4 is 15.4 Å². The van der Waals surface area contributed by atoms with Crippen LogP contribution in [0.4, 0.5) is 10.5 Å². The van der Waals surface area contributed by atoms with Gasteiger partial charge in [0.2, 0.25) is 0 Å². The monoisotopic (exact) mass is 290 g/mol. The number of amides is 2. The van der Waals surface area contributed by atoms with Crippen molar-refractivity contribution in [1.29, 1.82) is 0 Å². The highest BCUT2D eigenvalue weighted by molar-refractivity contribution is 5.89. The van der Waals surface area contributed by atoms with Gasteiger partial charge in [0.1, 0.15) is 17.6 Å². The third kappa shape index (κ3) is 4.54. The second-order valence-electron chi connectivity index (χ2n) is 4.43. The van der Waals surface area contributed by atoms with Crippen molar-refractivity contribution in [3.8, 4) is 5.75 Å². The third-order valence-corrected chi connectivity index (χ3v) is 2.90. The van der Waals surface area contributed by atoms with Gasteiger partial charge < -0.3 is 24.9 Å². The van der Waals surface area contributed by atoms with Crippen LogP contribution in [0.5, 0.6) is 5.75 Å². The van der Waals surface area contributed by atoms with Crippen LogP contribution in [0.3, 0.4) is 0 Å². The standard InChI is InChI=1S/C15H18N2O4/c1-20-12-5-2-4-11(10-12)17-15(19)16-8-7-13(18)14-6-3-9-21-14/h2-6,9-10,13,18H,7-8H2,1H3,(H2,16,17,19). The Kier molecular flexibility index (Phi) is 5.22. The highest BCUT2D eigenvalue weighted by Gasteiger charge is 2.10. The van der Waals surface area contributed by atoms with E-state index >= 15 is 0 Å². The SMILES string of the molecule is COc1cccc(NC(=O)NCCC(O)c2ccco2)c1. The van der Waals surface area contributed by atoms with Crippen molar-refractivity contribution < 1.29 is 19.1 Å². The summed E-state index contributed by atoms with van der Waals surface area (Å²) in [7, 11) is 1.56. The van der Waals surface area contributed by atoms with Crippen molar-refractivity contribution in [2.45, 2.75) is 12.5 Å². The smallest absolute Gasteiger partial charge is 0.319 e. The number of ether oxygens (including phenoxy) is 1. The van der Waals surface area contributed by atoms with Crippen LogP contribution in [-0.2, 0) is 0 Å². The fourth-order valence-corrected chi connectivity index (χ4v) is 1.82. The van der Waals surface area contributed by atoms with Crippen molar-refractivity contribution in [3.63, 3.8) is 0 Å². The molecule has 6 heteroatoms. The molecule has 0 fully saturated rings. The summed E-state index contributed by atoms with van der Waals surface area (Å²) in [5, 5.41) is 15.2. The van der Waals surface area contributed by atoms with E-state index in [4.69, 9.17) is 9.15 Å². The predicted molar refractivity (Wildman–Crippen MR) is 78.3 cm³/mol. The van der Waals surface area contributed by atoms with E-state index in [9.17, 15) is 9.90 Å². The number of methoxy groups -OCH3 is 1. The van der Waals surface area contributed by atoms with Crippen molar-refractivity contribution in [3.05, 3.63) is 48.4 Å². The number of rotatable bonds is 6. The van der Waals surface area contributed by atoms with Gasteiger partial charge in [0.05, 0.1) is 13.4 Å². The Morgan fingerprint density at radius 1 is 1.38 bits per heavy atom. The van der Waals surface area contributed by atoms with E-state index in [1.165, 1.54) is 6.26 Å². The van der Waals surface area contributed by atoms with Crippen molar-refractivity contribution in [2.75, 3.05) is 19.0 Å². The molecule has 6 nitrogen and oxygen atoms in total. The fraction of sp³-hybridized carbons (Fsp3) is 0.267. The summed E-state index contributed by atoms with van der Waals surface area (Å²) in [6, 6.07) is 10.1. The number of carbonyl (C=O) groups excluding carboxylic acids is 1. The molecule has 112 valence electrons. The van der Waals surface area contributed by atoms with Crippen molar-refractivity contribution in [1.82, 2.24) is 5.32 Å². The predicted octanol–water partition coefficient (Wildman–Crippen LogP) is 2.53. The molecular formula is C15H18N2O4. The van der Waals surface area contributed by atoms with Crippen LogP contribution in [0.2, 0.25) is 0 Å². The van der Waals surface area contributed by atoms with E-state index in [2.05, 4.69) is 10.6 Å². The summed E-state index contributed by atoms with van der Waals surface area (Å²) in [6.07, 6.45) is 1.15. The minimum Gasteiger partial charge on any atom is -0.497 e. The molecule has 2 aromatic rings. The molecule has 0 aliphatic rings. The molecule has 1 aromatic carbocycles. The van der Waals surface area contributed by atoms with E-state index in [-0.39, 0.29) is 6.03 Å². The van der Waals surface area contributed by atoms with Gasteiger partial charge >= 0.3 is 6.03 Å². The lowest BCUT2D eigenvalue weighted by Gasteiger charge is -2.10. The Morgan fingerprint density at radius 3 is 2.95 bits per heavy atom. The molecule has 0 radical (unpaired) electrons. The minimum absolute atomic E-state index is 0.331. The Balaban J connectivity index is 1.74. The highest BCUT2D eigenvalue weighted by atomic mass is 16.5. The number of anilines is 1. The molecule has 21 heavy (non-hydrogen) atoms. The van der Waals surface area contributed by atoms with Crippen molar-refractivity contribution in [2.24, 2.45) is 0 Å². The first kappa shape index (κ1) is 14.9. The Labute approximate surface area is 122 Å². The summed E-state index contributed by atoms with van der Waals surface area (Å²) in [4.78, 5) is 11.7. The number of aliphatic hydroxyl groups excluding tert-OH is 1. The van der Waals surface area contributed by atoms with Gasteiger partial charge in [-0.3, -0.25) is 0 Å². The number of hydrogen-bond acceptors (Lipinski definition) is 4. The Morgan fingerprint density at radius 2 is 2.24 bits per heavy atom. The average molecular weight is 290 g/mol. The summed E-state index contributed by atoms with van der Waals surface area (Å²) in [5.74, 6) is 1.16. The zero-order chi connectivity index (χ0) is 15.1. The van der Waals surface area contributed by atoms with Gasteiger partial charge in [-0.1, -0.05) is 6.07 Å². The topological polar surface area (TPSA) is 83.7 Å². The van der Waals surface area contributed by atoms with E-state index in [1.54, 1.807) is 43.5 Å². The molecular weight excluding hydrogens is 272 g/mol. The maximum atomic E-state index is 11.7. The van der Waals surface area contributed by atoms with Crippen LogP contribution >= 0.6 is 0 Å². The number of aliphatic hydroxyl groups is 1. The molecule has 0 spiro atoms. The van der Waals surface area contributed by atoms with E-state index in [0.717, 1.165) is 0 Å². The van der Waals surface area contributed by atoms with Gasteiger partial charge in [-0.2, -0.15) is 0 Å². The second kappa shape index (κ2) is 7.35. The zero-order valence-corrected chi connectivity index (χ0v) is 11.7. The first-order valence-corrected chi connectivity index (χ1v) is 6.59. The van der Waals surface area contributed by atoms with Gasteiger partial charge in [0.25, 0.3) is 0 Å². The van der Waals surface area contributed by atoms with Gasteiger partial charge in [-0.25, -0.2) is 4.79 Å². The van der Waals surface area contributed by atoms with Crippen LogP contribution in [0.15, 0.2) is 47.1 Å². The van der Waals surface area contributed by atoms with E-state index in [0.29, 0.717) is 30.2 Å². The summed E-state index contributed by atoms with van der Waals surface area (Å²) in [5.41, 5.74) is 0.637. The van der Waals surface area contributed by atoms with E-state index < -0.39 is 6.10 Å². The number of nitrogens with one attached hydrogen (secondary N) is 2. The summed E-state index contributed by atoms with van der Waals surface area (Å²) >= 11 is 0. The van der Waals surface area contributed by atoms with Gasteiger partial charge in [0.15, 0.2) is 0 Å². The molecule has 1 aromatic heterocycles. The number of hydrogen-bond donors (Lipinski definition) is 3. The molecule has 0 bridgehead atoms. The first-order chi connectivity index (χ1) is 10.2. The molecule has 2 rings (SSSR count). The van der Waals surface area contributed by atoms with Gasteiger partial charge in [0, 0.05) is 18.3 Å². The lowest BCUT2D eigenvalue weighted by atomic mass is 10.2. The highest BCUT2D eigenvalue weighted by Crippen LogP contribution is 2.17. The lowest BCUT2D eigenvalue weighted by Crippen LogP contribution is -2.30. The lowest BCUT2D eigenvalue weighted by molar-refractivity contribution is 0.140. The molecule has 0 aliphatic heterocycles. The molecule has 0 saturated heterocycles. The maximum Gasteiger partial charge on any atom is 0.319 e. The fourth-order valence-electron chi connectivity index (χ4n) is 1.82. The second-order valence-corrected chi connectivity index (χ2v) is 4.43. The first-order valence-electron chi connectivity index (χ1n) is 6.59. The average Bonchev–Trinajstić information content (AvgIpc) is 3.01. The van der Waals surface area contributed by atoms with Crippen LogP contribution in [0.1, 0.15) is 18.3 Å². The van der Waals surface area contributed by atoms with E-state index in [1.807, 2.05) is 0 Å². The molecule has 1 atom stereocenters. The van der Waals surface area contributed by atoms with Crippen LogP contribution in [-0.4, -0.2) is 24.8 Å². The normalized spacial score (nSPS) is 11.7. The largest absolute Gasteiger partial charge is 0.497 e. The number of urea groups is 1. The molecule has 0 aliphatic carbocycles. The number of benzene rings is 1. The van der Waals surface area contributed by atoms with Gasteiger partial charge in [-0.05, 0) is 30.7 Å². The van der Waals surface area contributed by atoms with Crippen molar-refractivity contribution >= 4 is 11.7 Å². The minimum atomic E-state index is -0.725. The summed E-state index contributed by atoms with van der Waals surface area (Å²) < 4.78 is 10.2. The molecule has 1 unspecified atom stereocenters. The molecule has 2 amide bonds. The Hall–Kier alpha value is -2.47. The molecule has 0 saturated carbocycles. The quantitative estimate of drug-likeness (QED) is 0.763. The number of furan rings is 1. The zero-order valence-electron chi connectivity index (χ0n) is 11.7. The van der Waals surface area contributed by atoms with Crippen LogP contribution in [0, 0.1) is 0 Å². The Bertz CT molecular complexity index is 569. The molecule has 1 heterocycles. The number of carbonyl (C=O) groups is 1. The summed E-state index contributed by atoms with van der Waals surface area (Å²) in [6.45, 7) is 0.331.